The summed E-state index contributed by atoms with van der Waals surface area (Å²) >= 11 is 3.04. The molecule has 1 amide bonds. The van der Waals surface area contributed by atoms with Gasteiger partial charge in [0.15, 0.2) is 0 Å². The van der Waals surface area contributed by atoms with Crippen molar-refractivity contribution < 1.29 is 22.7 Å². The van der Waals surface area contributed by atoms with Crippen molar-refractivity contribution in [1.29, 1.82) is 0 Å². The van der Waals surface area contributed by atoms with Gasteiger partial charge in [-0.15, -0.1) is 0 Å². The predicted octanol–water partition coefficient (Wildman–Crippen LogP) is 2.60. The summed E-state index contributed by atoms with van der Waals surface area (Å²) in [6.07, 6.45) is -0.285. The molecule has 138 valence electrons. The topological polar surface area (TPSA) is 86.7 Å². The van der Waals surface area contributed by atoms with Gasteiger partial charge in [-0.3, -0.25) is 4.79 Å². The van der Waals surface area contributed by atoms with Gasteiger partial charge in [-0.25, -0.2) is 12.8 Å². The quantitative estimate of drug-likeness (QED) is 0.761. The minimum absolute atomic E-state index is 0.0143. The van der Waals surface area contributed by atoms with E-state index < -0.39 is 27.9 Å². The first-order valence-corrected chi connectivity index (χ1v) is 10.1. The van der Waals surface area contributed by atoms with Crippen LogP contribution in [0.3, 0.4) is 0 Å². The van der Waals surface area contributed by atoms with Crippen LogP contribution in [0, 0.1) is 5.82 Å². The maximum Gasteiger partial charge on any atom is 0.255 e. The van der Waals surface area contributed by atoms with Gasteiger partial charge in [-0.1, -0.05) is 6.07 Å². The second kappa shape index (κ2) is 7.43. The Morgan fingerprint density at radius 3 is 2.69 bits per heavy atom. The fourth-order valence-electron chi connectivity index (χ4n) is 2.65. The van der Waals surface area contributed by atoms with Gasteiger partial charge in [-0.05, 0) is 58.7 Å². The first-order valence-electron chi connectivity index (χ1n) is 7.82. The highest BCUT2D eigenvalue weighted by atomic mass is 79.9. The van der Waals surface area contributed by atoms with Crippen molar-refractivity contribution >= 4 is 37.5 Å². The molecule has 6 nitrogen and oxygen atoms in total. The van der Waals surface area contributed by atoms with Crippen LogP contribution in [-0.4, -0.2) is 42.9 Å². The second-order valence-electron chi connectivity index (χ2n) is 5.92. The van der Waals surface area contributed by atoms with Crippen molar-refractivity contribution in [2.45, 2.75) is 17.4 Å². The molecule has 1 unspecified atom stereocenters. The minimum atomic E-state index is -3.78. The molecule has 0 bridgehead atoms. The van der Waals surface area contributed by atoms with E-state index in [-0.39, 0.29) is 28.0 Å². The number of nitrogens with zero attached hydrogens (tertiary/aromatic N) is 1. The monoisotopic (exact) mass is 442 g/mol. The predicted molar refractivity (Wildman–Crippen MR) is 97.9 cm³/mol. The standard InChI is InChI=1S/C17H16BrFN2O4S/c18-15-9-12(4-5-16(15)19)20-17(23)11-2-1-3-14(8-11)26(24,25)21-7-6-13(22)10-21/h1-5,8-9,13,22H,6-7,10H2,(H,20,23). The normalized spacial score (nSPS) is 18.0. The average molecular weight is 443 g/mol. The highest BCUT2D eigenvalue weighted by molar-refractivity contribution is 9.10. The van der Waals surface area contributed by atoms with Crippen LogP contribution >= 0.6 is 15.9 Å². The summed E-state index contributed by atoms with van der Waals surface area (Å²) in [7, 11) is -3.78. The third-order valence-corrected chi connectivity index (χ3v) is 6.51. The number of aliphatic hydroxyl groups excluding tert-OH is 1. The number of β-amino-alcohol motifs (C(OH)–C–C–N with tert-alkyl or cyclic N) is 1. The van der Waals surface area contributed by atoms with Gasteiger partial charge < -0.3 is 10.4 Å². The van der Waals surface area contributed by atoms with Gasteiger partial charge in [0.2, 0.25) is 10.0 Å². The molecule has 2 aromatic rings. The average Bonchev–Trinajstić information content (AvgIpc) is 3.05. The molecule has 0 aromatic heterocycles. The van der Waals surface area contributed by atoms with E-state index in [1.54, 1.807) is 0 Å². The zero-order chi connectivity index (χ0) is 18.9. The number of hydrogen-bond acceptors (Lipinski definition) is 4. The zero-order valence-corrected chi connectivity index (χ0v) is 15.9. The zero-order valence-electron chi connectivity index (χ0n) is 13.5. The summed E-state index contributed by atoms with van der Waals surface area (Å²) < 4.78 is 39.9. The maximum atomic E-state index is 13.3. The number of carbonyl (C=O) groups excluding carboxylic acids is 1. The van der Waals surface area contributed by atoms with E-state index in [1.165, 1.54) is 46.8 Å². The Kier molecular flexibility index (Phi) is 5.42. The number of sulfonamides is 1. The Morgan fingerprint density at radius 1 is 1.27 bits per heavy atom. The van der Waals surface area contributed by atoms with Gasteiger partial charge in [0.1, 0.15) is 5.82 Å². The van der Waals surface area contributed by atoms with Crippen LogP contribution in [0.4, 0.5) is 10.1 Å². The first-order chi connectivity index (χ1) is 12.3. The number of anilines is 1. The Bertz CT molecular complexity index is 952. The number of halogens is 2. The minimum Gasteiger partial charge on any atom is -0.392 e. The van der Waals surface area contributed by atoms with Crippen LogP contribution in [0.15, 0.2) is 51.8 Å². The van der Waals surface area contributed by atoms with Crippen molar-refractivity contribution in [3.05, 3.63) is 58.3 Å². The van der Waals surface area contributed by atoms with E-state index in [4.69, 9.17) is 0 Å². The summed E-state index contributed by atoms with van der Waals surface area (Å²) in [6, 6.07) is 9.70. The number of amides is 1. The van der Waals surface area contributed by atoms with Crippen molar-refractivity contribution in [2.75, 3.05) is 18.4 Å². The molecule has 0 radical (unpaired) electrons. The van der Waals surface area contributed by atoms with E-state index >= 15 is 0 Å². The Labute approximate surface area is 158 Å². The molecule has 1 aliphatic heterocycles. The fourth-order valence-corrected chi connectivity index (χ4v) is 4.57. The summed E-state index contributed by atoms with van der Waals surface area (Å²) in [5.41, 5.74) is 0.533. The van der Waals surface area contributed by atoms with Crippen molar-refractivity contribution in [1.82, 2.24) is 4.31 Å². The van der Waals surface area contributed by atoms with Crippen molar-refractivity contribution in [3.8, 4) is 0 Å². The summed E-state index contributed by atoms with van der Waals surface area (Å²) in [5.74, 6) is -0.967. The molecule has 2 aromatic carbocycles. The maximum absolute atomic E-state index is 13.3. The molecule has 1 fully saturated rings. The van der Waals surface area contributed by atoms with Gasteiger partial charge in [0.25, 0.3) is 5.91 Å². The third kappa shape index (κ3) is 3.96. The third-order valence-electron chi connectivity index (χ3n) is 4.04. The molecule has 0 aliphatic carbocycles. The Morgan fingerprint density at radius 2 is 2.04 bits per heavy atom. The summed E-state index contributed by atoms with van der Waals surface area (Å²) in [4.78, 5) is 12.4. The van der Waals surface area contributed by atoms with Crippen LogP contribution in [0.5, 0.6) is 0 Å². The number of carbonyl (C=O) groups is 1. The van der Waals surface area contributed by atoms with E-state index in [0.29, 0.717) is 12.1 Å². The molecular weight excluding hydrogens is 427 g/mol. The molecule has 1 heterocycles. The molecular formula is C17H16BrFN2O4S. The molecule has 0 spiro atoms. The fraction of sp³-hybridized carbons (Fsp3) is 0.235. The van der Waals surface area contributed by atoms with Crippen LogP contribution in [0.1, 0.15) is 16.8 Å². The lowest BCUT2D eigenvalue weighted by Crippen LogP contribution is -2.29. The highest BCUT2D eigenvalue weighted by Crippen LogP contribution is 2.23. The summed E-state index contributed by atoms with van der Waals surface area (Å²) in [6.45, 7) is 0.284. The molecule has 3 rings (SSSR count). The lowest BCUT2D eigenvalue weighted by atomic mass is 10.2. The number of rotatable bonds is 4. The molecule has 1 atom stereocenters. The molecule has 2 N–H and O–H groups in total. The first kappa shape index (κ1) is 19.0. The lowest BCUT2D eigenvalue weighted by Gasteiger charge is -2.16. The largest absolute Gasteiger partial charge is 0.392 e. The van der Waals surface area contributed by atoms with Gasteiger partial charge in [-0.2, -0.15) is 4.31 Å². The van der Waals surface area contributed by atoms with Crippen LogP contribution in [0.2, 0.25) is 0 Å². The van der Waals surface area contributed by atoms with E-state index in [9.17, 15) is 22.7 Å². The van der Waals surface area contributed by atoms with Crippen LogP contribution in [0.25, 0.3) is 0 Å². The van der Waals surface area contributed by atoms with Gasteiger partial charge in [0.05, 0.1) is 15.5 Å². The van der Waals surface area contributed by atoms with Crippen LogP contribution in [-0.2, 0) is 10.0 Å². The highest BCUT2D eigenvalue weighted by Gasteiger charge is 2.31. The van der Waals surface area contributed by atoms with E-state index in [1.807, 2.05) is 0 Å². The van der Waals surface area contributed by atoms with Crippen molar-refractivity contribution in [3.63, 3.8) is 0 Å². The molecule has 9 heteroatoms. The number of aliphatic hydroxyl groups is 1. The van der Waals surface area contributed by atoms with E-state index in [2.05, 4.69) is 21.2 Å². The molecule has 1 saturated heterocycles. The number of benzene rings is 2. The van der Waals surface area contributed by atoms with Gasteiger partial charge in [0, 0.05) is 24.3 Å². The molecule has 26 heavy (non-hydrogen) atoms. The van der Waals surface area contributed by atoms with Crippen LogP contribution < -0.4 is 5.32 Å². The lowest BCUT2D eigenvalue weighted by molar-refractivity contribution is 0.102. The Hall–Kier alpha value is -1.81. The van der Waals surface area contributed by atoms with E-state index in [0.717, 1.165) is 0 Å². The summed E-state index contributed by atoms with van der Waals surface area (Å²) in [5, 5.41) is 12.2. The number of hydrogen-bond donors (Lipinski definition) is 2. The second-order valence-corrected chi connectivity index (χ2v) is 8.71. The molecule has 0 saturated carbocycles. The number of nitrogens with one attached hydrogen (secondary N) is 1. The van der Waals surface area contributed by atoms with Gasteiger partial charge >= 0.3 is 0 Å². The SMILES string of the molecule is O=C(Nc1ccc(F)c(Br)c1)c1cccc(S(=O)(=O)N2CCC(O)C2)c1. The van der Waals surface area contributed by atoms with Crippen molar-refractivity contribution in [2.24, 2.45) is 0 Å². The smallest absolute Gasteiger partial charge is 0.255 e. The molecule has 1 aliphatic rings. The Balaban J connectivity index is 1.82.